The minimum Gasteiger partial charge on any atom is -0.369 e. The van der Waals surface area contributed by atoms with Gasteiger partial charge < -0.3 is 10.3 Å². The van der Waals surface area contributed by atoms with Crippen LogP contribution in [-0.2, 0) is 6.18 Å². The number of imidazole rings is 1. The van der Waals surface area contributed by atoms with Crippen LogP contribution in [0, 0.1) is 5.92 Å². The van der Waals surface area contributed by atoms with Crippen molar-refractivity contribution < 1.29 is 13.2 Å². The lowest BCUT2D eigenvalue weighted by molar-refractivity contribution is -0.137. The Bertz CT molecular complexity index is 641. The highest BCUT2D eigenvalue weighted by Crippen LogP contribution is 2.39. The first-order chi connectivity index (χ1) is 9.36. The zero-order valence-electron chi connectivity index (χ0n) is 11.1. The first-order valence-electron chi connectivity index (χ1n) is 6.71. The van der Waals surface area contributed by atoms with Gasteiger partial charge in [0.05, 0.1) is 16.6 Å². The molecule has 0 amide bonds. The molecule has 1 aliphatic carbocycles. The Balaban J connectivity index is 2.02. The van der Waals surface area contributed by atoms with Crippen LogP contribution in [0.2, 0.25) is 0 Å². The van der Waals surface area contributed by atoms with E-state index in [0.717, 1.165) is 24.5 Å². The molecule has 0 bridgehead atoms. The van der Waals surface area contributed by atoms with Gasteiger partial charge in [-0.2, -0.15) is 13.2 Å². The summed E-state index contributed by atoms with van der Waals surface area (Å²) in [5.74, 6) is 1.00. The van der Waals surface area contributed by atoms with Crippen LogP contribution in [0.25, 0.3) is 11.0 Å². The minimum absolute atomic E-state index is 0.157. The molecule has 3 nitrogen and oxygen atoms in total. The second-order valence-electron chi connectivity index (χ2n) is 5.57. The molecule has 1 aromatic heterocycles. The lowest BCUT2D eigenvalue weighted by Gasteiger charge is -2.15. The van der Waals surface area contributed by atoms with Gasteiger partial charge in [-0.3, -0.25) is 0 Å². The number of anilines is 1. The summed E-state index contributed by atoms with van der Waals surface area (Å²) in [6.07, 6.45) is -0.896. The van der Waals surface area contributed by atoms with Gasteiger partial charge in [-0.15, -0.1) is 0 Å². The standard InChI is InChI=1S/C14H16F3N3/c1-8(6-9-2-3-9)20-12-5-4-10(14(15,16)17)7-11(12)19-13(20)18/h4-5,7-9H,2-3,6H2,1H3,(H2,18,19). The van der Waals surface area contributed by atoms with E-state index in [1.165, 1.54) is 18.9 Å². The Kier molecular flexibility index (Phi) is 2.92. The first-order valence-corrected chi connectivity index (χ1v) is 6.71. The SMILES string of the molecule is CC(CC1CC1)n1c(N)nc2cc(C(F)(F)F)ccc21. The maximum absolute atomic E-state index is 12.7. The lowest BCUT2D eigenvalue weighted by atomic mass is 10.1. The van der Waals surface area contributed by atoms with Crippen LogP contribution < -0.4 is 5.73 Å². The number of hydrogen-bond donors (Lipinski definition) is 1. The summed E-state index contributed by atoms with van der Waals surface area (Å²) in [6, 6.07) is 3.77. The summed E-state index contributed by atoms with van der Waals surface area (Å²) in [4.78, 5) is 4.08. The van der Waals surface area contributed by atoms with Gasteiger partial charge in [0.25, 0.3) is 0 Å². The van der Waals surface area contributed by atoms with Gasteiger partial charge in [0.2, 0.25) is 5.95 Å². The summed E-state index contributed by atoms with van der Waals surface area (Å²) in [5.41, 5.74) is 6.17. The molecule has 3 rings (SSSR count). The number of aromatic nitrogens is 2. The fourth-order valence-electron chi connectivity index (χ4n) is 2.70. The monoisotopic (exact) mass is 283 g/mol. The normalized spacial score (nSPS) is 17.6. The quantitative estimate of drug-likeness (QED) is 0.925. The molecule has 20 heavy (non-hydrogen) atoms. The number of nitrogen functional groups attached to an aromatic ring is 1. The molecule has 6 heteroatoms. The summed E-state index contributed by atoms with van der Waals surface area (Å²) >= 11 is 0. The smallest absolute Gasteiger partial charge is 0.369 e. The molecule has 0 radical (unpaired) electrons. The molecule has 1 unspecified atom stereocenters. The number of benzene rings is 1. The molecule has 1 aliphatic rings. The topological polar surface area (TPSA) is 43.8 Å². The van der Waals surface area contributed by atoms with Crippen molar-refractivity contribution in [2.24, 2.45) is 5.92 Å². The number of hydrogen-bond acceptors (Lipinski definition) is 2. The van der Waals surface area contributed by atoms with E-state index < -0.39 is 11.7 Å². The van der Waals surface area contributed by atoms with Gasteiger partial charge in [0, 0.05) is 6.04 Å². The fourth-order valence-corrected chi connectivity index (χ4v) is 2.70. The van der Waals surface area contributed by atoms with Crippen molar-refractivity contribution in [1.82, 2.24) is 9.55 Å². The van der Waals surface area contributed by atoms with E-state index in [4.69, 9.17) is 5.73 Å². The van der Waals surface area contributed by atoms with Gasteiger partial charge >= 0.3 is 6.18 Å². The minimum atomic E-state index is -4.35. The van der Waals surface area contributed by atoms with Crippen molar-refractivity contribution in [2.75, 3.05) is 5.73 Å². The van der Waals surface area contributed by atoms with Crippen molar-refractivity contribution in [2.45, 2.75) is 38.4 Å². The predicted molar refractivity (Wildman–Crippen MR) is 71.2 cm³/mol. The van der Waals surface area contributed by atoms with E-state index in [1.807, 2.05) is 11.5 Å². The molecule has 1 fully saturated rings. The van der Waals surface area contributed by atoms with Crippen molar-refractivity contribution in [3.63, 3.8) is 0 Å². The Hall–Kier alpha value is -1.72. The third kappa shape index (κ3) is 2.34. The fraction of sp³-hybridized carbons (Fsp3) is 0.500. The van der Waals surface area contributed by atoms with Crippen molar-refractivity contribution in [1.29, 1.82) is 0 Å². The molecule has 0 aliphatic heterocycles. The van der Waals surface area contributed by atoms with E-state index >= 15 is 0 Å². The van der Waals surface area contributed by atoms with Crippen LogP contribution in [0.1, 0.15) is 37.8 Å². The van der Waals surface area contributed by atoms with Crippen molar-refractivity contribution in [3.05, 3.63) is 23.8 Å². The summed E-state index contributed by atoms with van der Waals surface area (Å²) in [7, 11) is 0. The number of nitrogens with two attached hydrogens (primary N) is 1. The van der Waals surface area contributed by atoms with E-state index in [9.17, 15) is 13.2 Å². The summed E-state index contributed by atoms with van der Waals surface area (Å²) < 4.78 is 39.9. The molecular formula is C14H16F3N3. The highest BCUT2D eigenvalue weighted by Gasteiger charge is 2.31. The maximum Gasteiger partial charge on any atom is 0.416 e. The van der Waals surface area contributed by atoms with Crippen molar-refractivity contribution in [3.8, 4) is 0 Å². The molecule has 1 atom stereocenters. The van der Waals surface area contributed by atoms with Crippen LogP contribution >= 0.6 is 0 Å². The second-order valence-corrected chi connectivity index (χ2v) is 5.57. The molecular weight excluding hydrogens is 267 g/mol. The summed E-state index contributed by atoms with van der Waals surface area (Å²) in [6.45, 7) is 2.04. The Labute approximate surface area is 114 Å². The highest BCUT2D eigenvalue weighted by atomic mass is 19.4. The zero-order valence-corrected chi connectivity index (χ0v) is 11.1. The van der Waals surface area contributed by atoms with E-state index in [-0.39, 0.29) is 12.0 Å². The lowest BCUT2D eigenvalue weighted by Crippen LogP contribution is -2.09. The van der Waals surface area contributed by atoms with E-state index in [0.29, 0.717) is 11.0 Å². The number of halogens is 3. The van der Waals surface area contributed by atoms with Gasteiger partial charge in [-0.25, -0.2) is 4.98 Å². The van der Waals surface area contributed by atoms with Crippen LogP contribution in [0.15, 0.2) is 18.2 Å². The zero-order chi connectivity index (χ0) is 14.5. The van der Waals surface area contributed by atoms with Gasteiger partial charge in [-0.1, -0.05) is 12.8 Å². The predicted octanol–water partition coefficient (Wildman–Crippen LogP) is 4.00. The number of alkyl halides is 3. The Morgan fingerprint density at radius 1 is 1.40 bits per heavy atom. The number of fused-ring (bicyclic) bond motifs is 1. The third-order valence-corrected chi connectivity index (χ3v) is 3.86. The summed E-state index contributed by atoms with van der Waals surface area (Å²) in [5, 5.41) is 0. The average molecular weight is 283 g/mol. The Morgan fingerprint density at radius 3 is 2.70 bits per heavy atom. The highest BCUT2D eigenvalue weighted by molar-refractivity contribution is 5.79. The Morgan fingerprint density at radius 2 is 2.10 bits per heavy atom. The molecule has 0 saturated heterocycles. The van der Waals surface area contributed by atoms with Crippen molar-refractivity contribution >= 4 is 17.0 Å². The van der Waals surface area contributed by atoms with Crippen LogP contribution in [0.5, 0.6) is 0 Å². The molecule has 1 saturated carbocycles. The van der Waals surface area contributed by atoms with E-state index in [2.05, 4.69) is 4.98 Å². The average Bonchev–Trinajstić information content (AvgIpc) is 3.07. The first kappa shape index (κ1) is 13.3. The van der Waals surface area contributed by atoms with Crippen LogP contribution in [-0.4, -0.2) is 9.55 Å². The van der Waals surface area contributed by atoms with Gasteiger partial charge in [0.15, 0.2) is 0 Å². The number of nitrogens with zero attached hydrogens (tertiary/aromatic N) is 2. The van der Waals surface area contributed by atoms with E-state index in [1.54, 1.807) is 0 Å². The van der Waals surface area contributed by atoms with Crippen LogP contribution in [0.3, 0.4) is 0 Å². The maximum atomic E-state index is 12.7. The molecule has 2 N–H and O–H groups in total. The largest absolute Gasteiger partial charge is 0.416 e. The molecule has 2 aromatic rings. The molecule has 1 aromatic carbocycles. The van der Waals surface area contributed by atoms with Gasteiger partial charge in [0.1, 0.15) is 0 Å². The molecule has 108 valence electrons. The second kappa shape index (κ2) is 4.40. The third-order valence-electron chi connectivity index (χ3n) is 3.86. The number of rotatable bonds is 3. The van der Waals surface area contributed by atoms with Gasteiger partial charge in [-0.05, 0) is 37.5 Å². The molecule has 1 heterocycles. The van der Waals surface area contributed by atoms with Crippen LogP contribution in [0.4, 0.5) is 19.1 Å². The molecule has 0 spiro atoms.